The molecule has 1 aliphatic rings. The molecule has 214 valence electrons. The van der Waals surface area contributed by atoms with Crippen molar-refractivity contribution in [3.8, 4) is 0 Å². The maximum atomic E-state index is 13.1. The van der Waals surface area contributed by atoms with E-state index in [1.807, 2.05) is 0 Å². The number of hydrogen-bond acceptors (Lipinski definition) is 7. The summed E-state index contributed by atoms with van der Waals surface area (Å²) in [5.74, 6) is -1.96. The smallest absolute Gasteiger partial charge is 0.326 e. The summed E-state index contributed by atoms with van der Waals surface area (Å²) >= 11 is 0. The van der Waals surface area contributed by atoms with Gasteiger partial charge in [-0.05, 0) is 49.4 Å². The fraction of sp³-hybridized carbons (Fsp3) is 0.414. The predicted molar refractivity (Wildman–Crippen MR) is 149 cm³/mol. The Morgan fingerprint density at radius 2 is 1.62 bits per heavy atom. The minimum atomic E-state index is -3.91. The van der Waals surface area contributed by atoms with Gasteiger partial charge in [-0.25, -0.2) is 13.2 Å². The highest BCUT2D eigenvalue weighted by Gasteiger charge is 2.40. The molecular weight excluding hydrogens is 534 g/mol. The van der Waals surface area contributed by atoms with Crippen LogP contribution in [-0.2, 0) is 42.0 Å². The number of sulfonamides is 1. The number of carbonyl (C=O) groups excluding carboxylic acids is 3. The molecule has 0 spiro atoms. The van der Waals surface area contributed by atoms with Crippen LogP contribution in [0.4, 0.5) is 0 Å². The highest BCUT2D eigenvalue weighted by molar-refractivity contribution is 7.89. The van der Waals surface area contributed by atoms with Gasteiger partial charge in [0.05, 0.1) is 4.90 Å². The van der Waals surface area contributed by atoms with Crippen LogP contribution < -0.4 is 5.32 Å². The molecule has 1 heterocycles. The van der Waals surface area contributed by atoms with Crippen molar-refractivity contribution >= 4 is 39.2 Å². The summed E-state index contributed by atoms with van der Waals surface area (Å²) in [5, 5.41) is 19.6. The molecule has 0 aliphatic carbocycles. The zero-order valence-electron chi connectivity index (χ0n) is 22.5. The fourth-order valence-corrected chi connectivity index (χ4v) is 6.38. The molecule has 0 aromatic heterocycles. The van der Waals surface area contributed by atoms with Gasteiger partial charge in [0, 0.05) is 44.4 Å². The first kappa shape index (κ1) is 30.8. The molecule has 2 aromatic carbocycles. The van der Waals surface area contributed by atoms with Gasteiger partial charge in [-0.15, -0.1) is 0 Å². The second kappa shape index (κ2) is 14.1. The summed E-state index contributed by atoms with van der Waals surface area (Å²) in [6.45, 7) is 1.75. The molecule has 10 nitrogen and oxygen atoms in total. The topological polar surface area (TPSA) is 162 Å². The number of nitrogens with zero attached hydrogens (tertiary/aromatic N) is 1. The van der Waals surface area contributed by atoms with E-state index in [4.69, 9.17) is 5.41 Å². The number of carbonyl (C=O) groups is 4. The van der Waals surface area contributed by atoms with Crippen LogP contribution in [0.15, 0.2) is 59.5 Å². The number of aliphatic carboxylic acids is 1. The Morgan fingerprint density at radius 1 is 1.00 bits per heavy atom. The van der Waals surface area contributed by atoms with Gasteiger partial charge < -0.3 is 15.8 Å². The van der Waals surface area contributed by atoms with Crippen LogP contribution in [0.3, 0.4) is 0 Å². The lowest BCUT2D eigenvalue weighted by Crippen LogP contribution is -2.51. The van der Waals surface area contributed by atoms with Crippen molar-refractivity contribution in [1.82, 2.24) is 9.62 Å². The first-order valence-corrected chi connectivity index (χ1v) is 14.7. The van der Waals surface area contributed by atoms with E-state index >= 15 is 0 Å². The average Bonchev–Trinajstić information content (AvgIpc) is 3.41. The van der Waals surface area contributed by atoms with E-state index in [2.05, 4.69) is 5.32 Å². The van der Waals surface area contributed by atoms with Crippen LogP contribution in [-0.4, -0.2) is 65.6 Å². The lowest BCUT2D eigenvalue weighted by Gasteiger charge is -2.25. The number of benzene rings is 2. The average molecular weight is 570 g/mol. The van der Waals surface area contributed by atoms with Gasteiger partial charge >= 0.3 is 5.97 Å². The van der Waals surface area contributed by atoms with Crippen LogP contribution in [0.2, 0.25) is 0 Å². The molecule has 0 radical (unpaired) electrons. The van der Waals surface area contributed by atoms with Gasteiger partial charge in [-0.2, -0.15) is 4.31 Å². The van der Waals surface area contributed by atoms with Gasteiger partial charge in [0.15, 0.2) is 0 Å². The molecule has 1 saturated heterocycles. The number of rotatable bonds is 15. The van der Waals surface area contributed by atoms with Gasteiger partial charge in [-0.1, -0.05) is 42.5 Å². The summed E-state index contributed by atoms with van der Waals surface area (Å²) < 4.78 is 27.3. The highest BCUT2D eigenvalue weighted by Crippen LogP contribution is 2.26. The van der Waals surface area contributed by atoms with Gasteiger partial charge in [0.25, 0.3) is 0 Å². The Hall–Kier alpha value is -3.70. The van der Waals surface area contributed by atoms with Crippen LogP contribution in [0.5, 0.6) is 0 Å². The fourth-order valence-electron chi connectivity index (χ4n) is 4.70. The Morgan fingerprint density at radius 3 is 2.25 bits per heavy atom. The number of amides is 1. The minimum absolute atomic E-state index is 0.0119. The normalized spacial score (nSPS) is 16.3. The lowest BCUT2D eigenvalue weighted by molar-refractivity contribution is -0.142. The zero-order chi connectivity index (χ0) is 29.3. The van der Waals surface area contributed by atoms with Crippen molar-refractivity contribution in [2.24, 2.45) is 0 Å². The van der Waals surface area contributed by atoms with E-state index in [0.717, 1.165) is 9.87 Å². The predicted octanol–water partition coefficient (Wildman–Crippen LogP) is 2.93. The van der Waals surface area contributed by atoms with E-state index in [1.54, 1.807) is 49.4 Å². The van der Waals surface area contributed by atoms with E-state index < -0.39 is 34.0 Å². The first-order valence-electron chi connectivity index (χ1n) is 13.2. The molecule has 1 aliphatic heterocycles. The number of ketones is 2. The summed E-state index contributed by atoms with van der Waals surface area (Å²) in [6.07, 6.45) is 2.03. The van der Waals surface area contributed by atoms with Crippen LogP contribution in [0.1, 0.15) is 56.6 Å². The molecule has 3 N–H and O–H groups in total. The minimum Gasteiger partial charge on any atom is -0.480 e. The molecule has 0 bridgehead atoms. The molecule has 40 heavy (non-hydrogen) atoms. The molecule has 11 heteroatoms. The van der Waals surface area contributed by atoms with Crippen molar-refractivity contribution in [1.29, 1.82) is 5.41 Å². The second-order valence-electron chi connectivity index (χ2n) is 10.1. The molecule has 2 aromatic rings. The second-order valence-corrected chi connectivity index (χ2v) is 12.0. The van der Waals surface area contributed by atoms with Crippen LogP contribution in [0, 0.1) is 5.41 Å². The number of hydrogen-bond donors (Lipinski definition) is 3. The summed E-state index contributed by atoms with van der Waals surface area (Å²) in [4.78, 5) is 49.0. The maximum absolute atomic E-state index is 13.1. The standard InChI is InChI=1S/C29H35N3O7S/c1-20(30)17-23(33)7-5-8-24(34)18-21-12-14-22(15-13-21)19-26(29(36)37)31-28(35)27-11-6-16-32(27)40(38,39)25-9-3-2-4-10-25/h2-4,9-10,12-15,26-27,30H,5-8,11,16-19H2,1H3,(H,31,35)(H,36,37)/t26?,27-/m0/s1. The third-order valence-corrected chi connectivity index (χ3v) is 8.63. The van der Waals surface area contributed by atoms with Crippen molar-refractivity contribution in [2.75, 3.05) is 6.54 Å². The third-order valence-electron chi connectivity index (χ3n) is 6.71. The van der Waals surface area contributed by atoms with Gasteiger partial charge in [0.2, 0.25) is 15.9 Å². The lowest BCUT2D eigenvalue weighted by atomic mass is 9.99. The number of Topliss-reactive ketones (excluding diaryl/α,β-unsaturated/α-hetero) is 2. The zero-order valence-corrected chi connectivity index (χ0v) is 23.3. The SMILES string of the molecule is CC(=N)CC(=O)CCCC(=O)Cc1ccc(CC(NC(=O)[C@@H]2CCCN2S(=O)(=O)c2ccccc2)C(=O)O)cc1. The molecule has 1 fully saturated rings. The van der Waals surface area contributed by atoms with E-state index in [1.165, 1.54) is 12.1 Å². The number of nitrogens with one attached hydrogen (secondary N) is 2. The van der Waals surface area contributed by atoms with Crippen LogP contribution >= 0.6 is 0 Å². The Balaban J connectivity index is 1.56. The summed E-state index contributed by atoms with van der Waals surface area (Å²) in [5.41, 5.74) is 1.69. The largest absolute Gasteiger partial charge is 0.480 e. The molecular formula is C29H35N3O7S. The maximum Gasteiger partial charge on any atom is 0.326 e. The van der Waals surface area contributed by atoms with E-state index in [-0.39, 0.29) is 55.1 Å². The quantitative estimate of drug-likeness (QED) is 0.278. The molecule has 3 rings (SSSR count). The molecule has 0 saturated carbocycles. The monoisotopic (exact) mass is 569 g/mol. The van der Waals surface area contributed by atoms with E-state index in [9.17, 15) is 32.7 Å². The summed E-state index contributed by atoms with van der Waals surface area (Å²) in [6, 6.07) is 12.4. The number of carboxylic acid groups (broad SMARTS) is 1. The first-order chi connectivity index (χ1) is 19.0. The Kier molecular flexibility index (Phi) is 10.9. The van der Waals surface area contributed by atoms with Crippen molar-refractivity contribution < 1.29 is 32.7 Å². The third kappa shape index (κ3) is 8.65. The van der Waals surface area contributed by atoms with Crippen LogP contribution in [0.25, 0.3) is 0 Å². The summed E-state index contributed by atoms with van der Waals surface area (Å²) in [7, 11) is -3.91. The Labute approximate surface area is 234 Å². The van der Waals surface area contributed by atoms with Crippen molar-refractivity contribution in [3.05, 3.63) is 65.7 Å². The number of carboxylic acids is 1. The molecule has 1 unspecified atom stereocenters. The molecule has 1 amide bonds. The highest BCUT2D eigenvalue weighted by atomic mass is 32.2. The van der Waals surface area contributed by atoms with E-state index in [0.29, 0.717) is 30.5 Å². The van der Waals surface area contributed by atoms with Crippen molar-refractivity contribution in [2.45, 2.75) is 75.3 Å². The Bertz CT molecular complexity index is 1340. The van der Waals surface area contributed by atoms with Gasteiger partial charge in [0.1, 0.15) is 23.7 Å². The molecule has 2 atom stereocenters. The van der Waals surface area contributed by atoms with Crippen molar-refractivity contribution in [3.63, 3.8) is 0 Å². The van der Waals surface area contributed by atoms with Gasteiger partial charge in [-0.3, -0.25) is 14.4 Å².